The lowest BCUT2D eigenvalue weighted by molar-refractivity contribution is 1.00. The molecule has 2 nitrogen and oxygen atoms in total. The number of hydrogen-bond donors (Lipinski definition) is 0. The topological polar surface area (TPSA) is 17.8 Å². The second-order valence-electron chi connectivity index (χ2n) is 3.25. The predicted octanol–water partition coefficient (Wildman–Crippen LogP) is 2.74. The van der Waals surface area contributed by atoms with E-state index in [1.54, 1.807) is 0 Å². The van der Waals surface area contributed by atoms with Crippen LogP contribution in [0, 0.1) is 0 Å². The van der Waals surface area contributed by atoms with Gasteiger partial charge in [0.05, 0.1) is 6.33 Å². The second-order valence-corrected chi connectivity index (χ2v) is 8.34. The lowest BCUT2D eigenvalue weighted by Gasteiger charge is -2.28. The number of rotatable bonds is 4. The summed E-state index contributed by atoms with van der Waals surface area (Å²) in [6.07, 6.45) is 6.01. The van der Waals surface area contributed by atoms with Crippen LogP contribution in [-0.4, -0.2) is 17.5 Å². The zero-order chi connectivity index (χ0) is 9.03. The number of imidazole rings is 1. The van der Waals surface area contributed by atoms with Crippen LogP contribution in [-0.2, 0) is 0 Å². The molecular formula is C9H18N2Si. The molecule has 68 valence electrons. The number of nitrogens with zero attached hydrogens (tertiary/aromatic N) is 2. The van der Waals surface area contributed by atoms with Crippen molar-refractivity contribution in [2.24, 2.45) is 0 Å². The van der Waals surface area contributed by atoms with Gasteiger partial charge in [-0.25, -0.2) is 4.98 Å². The van der Waals surface area contributed by atoms with Crippen LogP contribution in [0.5, 0.6) is 0 Å². The molecule has 3 heteroatoms. The smallest absolute Gasteiger partial charge is 0.162 e. The van der Waals surface area contributed by atoms with E-state index in [4.69, 9.17) is 0 Å². The minimum atomic E-state index is -1.19. The van der Waals surface area contributed by atoms with Gasteiger partial charge in [-0.2, -0.15) is 0 Å². The average molecular weight is 182 g/mol. The average Bonchev–Trinajstić information content (AvgIpc) is 2.62. The Morgan fingerprint density at radius 1 is 1.17 bits per heavy atom. The van der Waals surface area contributed by atoms with Crippen molar-refractivity contribution in [1.29, 1.82) is 0 Å². The molecule has 1 aromatic heterocycles. The molecule has 0 aliphatic heterocycles. The highest BCUT2D eigenvalue weighted by molar-refractivity contribution is 6.78. The molecule has 0 atom stereocenters. The summed E-state index contributed by atoms with van der Waals surface area (Å²) < 4.78 is 2.38. The SMILES string of the molecule is CC[Si](CC)(CC)n1ccnc1. The van der Waals surface area contributed by atoms with E-state index in [-0.39, 0.29) is 0 Å². The van der Waals surface area contributed by atoms with Crippen molar-refractivity contribution in [1.82, 2.24) is 9.22 Å². The van der Waals surface area contributed by atoms with E-state index >= 15 is 0 Å². The third-order valence-electron chi connectivity index (χ3n) is 3.03. The Hall–Kier alpha value is -0.573. The minimum Gasteiger partial charge on any atom is -0.364 e. The molecule has 0 radical (unpaired) electrons. The van der Waals surface area contributed by atoms with Gasteiger partial charge in [-0.1, -0.05) is 20.8 Å². The Morgan fingerprint density at radius 2 is 1.75 bits per heavy atom. The Labute approximate surface area is 75.7 Å². The molecule has 12 heavy (non-hydrogen) atoms. The van der Waals surface area contributed by atoms with Crippen LogP contribution in [0.25, 0.3) is 0 Å². The van der Waals surface area contributed by atoms with Crippen LogP contribution >= 0.6 is 0 Å². The van der Waals surface area contributed by atoms with Gasteiger partial charge in [0.1, 0.15) is 0 Å². The first-order valence-corrected chi connectivity index (χ1v) is 7.34. The molecule has 0 amide bonds. The molecule has 0 fully saturated rings. The van der Waals surface area contributed by atoms with E-state index in [0.717, 1.165) is 0 Å². The summed E-state index contributed by atoms with van der Waals surface area (Å²) in [7, 11) is -1.19. The van der Waals surface area contributed by atoms with Gasteiger partial charge in [0.15, 0.2) is 8.24 Å². The maximum atomic E-state index is 4.13. The molecule has 1 heterocycles. The van der Waals surface area contributed by atoms with E-state index in [2.05, 4.69) is 36.2 Å². The van der Waals surface area contributed by atoms with Gasteiger partial charge in [0.25, 0.3) is 0 Å². The van der Waals surface area contributed by atoms with Crippen molar-refractivity contribution in [3.63, 3.8) is 0 Å². The molecule has 0 N–H and O–H groups in total. The van der Waals surface area contributed by atoms with Crippen molar-refractivity contribution in [3.8, 4) is 0 Å². The van der Waals surface area contributed by atoms with Gasteiger partial charge in [0, 0.05) is 12.4 Å². The highest BCUT2D eigenvalue weighted by Crippen LogP contribution is 2.21. The van der Waals surface area contributed by atoms with Gasteiger partial charge in [-0.05, 0) is 18.1 Å². The first-order valence-electron chi connectivity index (χ1n) is 4.77. The van der Waals surface area contributed by atoms with Crippen molar-refractivity contribution in [2.75, 3.05) is 0 Å². The van der Waals surface area contributed by atoms with Crippen molar-refractivity contribution in [2.45, 2.75) is 38.9 Å². The summed E-state index contributed by atoms with van der Waals surface area (Å²) in [5.41, 5.74) is 0. The molecule has 1 rings (SSSR count). The lowest BCUT2D eigenvalue weighted by atomic mass is 10.9. The third kappa shape index (κ3) is 1.46. The van der Waals surface area contributed by atoms with Crippen molar-refractivity contribution < 1.29 is 0 Å². The van der Waals surface area contributed by atoms with Crippen LogP contribution in [0.4, 0.5) is 0 Å². The quantitative estimate of drug-likeness (QED) is 0.655. The molecule has 0 aromatic carbocycles. The molecule has 0 saturated heterocycles. The zero-order valence-corrected chi connectivity index (χ0v) is 9.25. The zero-order valence-electron chi connectivity index (χ0n) is 8.25. The highest BCUT2D eigenvalue weighted by Gasteiger charge is 2.28. The van der Waals surface area contributed by atoms with Crippen LogP contribution in [0.2, 0.25) is 18.1 Å². The summed E-state index contributed by atoms with van der Waals surface area (Å²) in [5.74, 6) is 0. The fraction of sp³-hybridized carbons (Fsp3) is 0.667. The summed E-state index contributed by atoms with van der Waals surface area (Å²) in [5, 5.41) is 0. The molecular weight excluding hydrogens is 164 g/mol. The van der Waals surface area contributed by atoms with Gasteiger partial charge in [-0.15, -0.1) is 0 Å². The van der Waals surface area contributed by atoms with Crippen LogP contribution in [0.3, 0.4) is 0 Å². The molecule has 0 bridgehead atoms. The minimum absolute atomic E-state index is 1.19. The molecule has 1 aromatic rings. The predicted molar refractivity (Wildman–Crippen MR) is 54.8 cm³/mol. The molecule has 0 spiro atoms. The first kappa shape index (κ1) is 9.51. The van der Waals surface area contributed by atoms with Gasteiger partial charge < -0.3 is 4.23 Å². The highest BCUT2D eigenvalue weighted by atomic mass is 28.3. The normalized spacial score (nSPS) is 11.9. The van der Waals surface area contributed by atoms with E-state index in [0.29, 0.717) is 0 Å². The van der Waals surface area contributed by atoms with Crippen LogP contribution in [0.15, 0.2) is 18.7 Å². The summed E-state index contributed by atoms with van der Waals surface area (Å²) >= 11 is 0. The maximum absolute atomic E-state index is 4.13. The largest absolute Gasteiger partial charge is 0.364 e. The van der Waals surface area contributed by atoms with Gasteiger partial charge >= 0.3 is 0 Å². The molecule has 0 aliphatic rings. The van der Waals surface area contributed by atoms with Crippen LogP contribution < -0.4 is 0 Å². The third-order valence-corrected chi connectivity index (χ3v) is 8.34. The first-order chi connectivity index (χ1) is 5.79. The Balaban J connectivity index is 2.93. The van der Waals surface area contributed by atoms with Crippen molar-refractivity contribution in [3.05, 3.63) is 18.7 Å². The molecule has 0 unspecified atom stereocenters. The summed E-state index contributed by atoms with van der Waals surface area (Å²) in [6, 6.07) is 3.95. The Bertz CT molecular complexity index is 206. The van der Waals surface area contributed by atoms with E-state index in [9.17, 15) is 0 Å². The second kappa shape index (κ2) is 3.89. The molecule has 0 saturated carbocycles. The fourth-order valence-corrected chi connectivity index (χ4v) is 5.13. The van der Waals surface area contributed by atoms with Crippen molar-refractivity contribution >= 4 is 8.24 Å². The lowest BCUT2D eigenvalue weighted by Crippen LogP contribution is -2.40. The summed E-state index contributed by atoms with van der Waals surface area (Å²) in [6.45, 7) is 6.91. The standard InChI is InChI=1S/C9H18N2Si/c1-4-12(5-2,6-3)11-8-7-10-9-11/h7-9H,4-6H2,1-3H3. The van der Waals surface area contributed by atoms with Gasteiger partial charge in [-0.3, -0.25) is 0 Å². The monoisotopic (exact) mass is 182 g/mol. The maximum Gasteiger partial charge on any atom is 0.162 e. The van der Waals surface area contributed by atoms with E-state index in [1.807, 2.05) is 12.5 Å². The van der Waals surface area contributed by atoms with Gasteiger partial charge in [0.2, 0.25) is 0 Å². The summed E-state index contributed by atoms with van der Waals surface area (Å²) in [4.78, 5) is 4.13. The Morgan fingerprint density at radius 3 is 2.08 bits per heavy atom. The van der Waals surface area contributed by atoms with E-state index in [1.165, 1.54) is 18.1 Å². The Kier molecular flexibility index (Phi) is 3.09. The van der Waals surface area contributed by atoms with Crippen LogP contribution in [0.1, 0.15) is 20.8 Å². The molecule has 0 aliphatic carbocycles. The number of aromatic nitrogens is 2. The number of hydrogen-bond acceptors (Lipinski definition) is 1. The fourth-order valence-electron chi connectivity index (χ4n) is 1.84. The van der Waals surface area contributed by atoms with E-state index < -0.39 is 8.24 Å².